The van der Waals surface area contributed by atoms with Gasteiger partial charge in [-0.2, -0.15) is 0 Å². The van der Waals surface area contributed by atoms with E-state index in [0.29, 0.717) is 0 Å². The molecule has 0 amide bonds. The maximum Gasteiger partial charge on any atom is 0.0896 e. The lowest BCUT2D eigenvalue weighted by Gasteiger charge is -2.25. The van der Waals surface area contributed by atoms with E-state index in [0.717, 1.165) is 17.3 Å². The Morgan fingerprint density at radius 1 is 1.57 bits per heavy atom. The molecule has 0 aliphatic carbocycles. The van der Waals surface area contributed by atoms with Gasteiger partial charge in [-0.05, 0) is 25.2 Å². The Morgan fingerprint density at radius 3 is 2.71 bits per heavy atom. The highest BCUT2D eigenvalue weighted by Gasteiger charge is 2.23. The first-order valence-corrected chi connectivity index (χ1v) is 6.42. The van der Waals surface area contributed by atoms with Crippen LogP contribution in [0.25, 0.3) is 0 Å². The number of rotatable bonds is 5. The van der Waals surface area contributed by atoms with Crippen LogP contribution in [0.15, 0.2) is 6.20 Å². The molecule has 80 valence electrons. The van der Waals surface area contributed by atoms with Crippen LogP contribution in [0.5, 0.6) is 0 Å². The van der Waals surface area contributed by atoms with Gasteiger partial charge < -0.3 is 0 Å². The predicted molar refractivity (Wildman–Crippen MR) is 64.3 cm³/mol. The largest absolute Gasteiger partial charge is 0.250 e. The third-order valence-corrected chi connectivity index (χ3v) is 4.00. The number of aryl methyl sites for hydroxylation is 1. The molecular weight excluding hydrogens is 214 g/mol. The van der Waals surface area contributed by atoms with Gasteiger partial charge in [0.2, 0.25) is 0 Å². The van der Waals surface area contributed by atoms with Crippen LogP contribution in [0.2, 0.25) is 0 Å². The smallest absolute Gasteiger partial charge is 0.0896 e. The highest BCUT2D eigenvalue weighted by atomic mass is 35.5. The van der Waals surface area contributed by atoms with Crippen LogP contribution in [-0.4, -0.2) is 10.9 Å². The van der Waals surface area contributed by atoms with E-state index in [-0.39, 0.29) is 5.41 Å². The molecule has 1 atom stereocenters. The lowest BCUT2D eigenvalue weighted by molar-refractivity contribution is 0.337. The first-order valence-electron chi connectivity index (χ1n) is 5.07. The van der Waals surface area contributed by atoms with Crippen molar-refractivity contribution in [3.63, 3.8) is 0 Å². The van der Waals surface area contributed by atoms with E-state index in [9.17, 15) is 0 Å². The van der Waals surface area contributed by atoms with Gasteiger partial charge in [-0.15, -0.1) is 22.9 Å². The summed E-state index contributed by atoms with van der Waals surface area (Å²) < 4.78 is 0. The highest BCUT2D eigenvalue weighted by molar-refractivity contribution is 7.11. The summed E-state index contributed by atoms with van der Waals surface area (Å²) in [5.41, 5.74) is 0.245. The Kier molecular flexibility index (Phi) is 4.39. The van der Waals surface area contributed by atoms with E-state index >= 15 is 0 Å². The third-order valence-electron chi connectivity index (χ3n) is 2.45. The van der Waals surface area contributed by atoms with Gasteiger partial charge in [-0.3, -0.25) is 0 Å². The lowest BCUT2D eigenvalue weighted by Crippen LogP contribution is -2.20. The minimum Gasteiger partial charge on any atom is -0.250 e. The fraction of sp³-hybridized carbons (Fsp3) is 0.727. The summed E-state index contributed by atoms with van der Waals surface area (Å²) in [4.78, 5) is 5.63. The van der Waals surface area contributed by atoms with Crippen molar-refractivity contribution in [2.24, 2.45) is 5.41 Å². The molecule has 0 aromatic carbocycles. The van der Waals surface area contributed by atoms with Crippen LogP contribution in [0.3, 0.4) is 0 Å². The Balaban J connectivity index is 2.64. The number of hydrogen-bond donors (Lipinski definition) is 0. The summed E-state index contributed by atoms with van der Waals surface area (Å²) in [6.45, 7) is 6.52. The molecule has 0 saturated carbocycles. The molecule has 0 spiro atoms. The van der Waals surface area contributed by atoms with Crippen molar-refractivity contribution >= 4 is 22.9 Å². The highest BCUT2D eigenvalue weighted by Crippen LogP contribution is 2.31. The summed E-state index contributed by atoms with van der Waals surface area (Å²) in [5.74, 6) is 0.734. The summed E-state index contributed by atoms with van der Waals surface area (Å²) in [5, 5.41) is 1.15. The van der Waals surface area contributed by atoms with Gasteiger partial charge >= 0.3 is 0 Å². The minimum atomic E-state index is 0.245. The molecule has 0 aliphatic heterocycles. The zero-order chi connectivity index (χ0) is 10.6. The Hall–Kier alpha value is -0.0800. The topological polar surface area (TPSA) is 12.9 Å². The molecule has 0 radical (unpaired) electrons. The molecule has 0 saturated heterocycles. The second-order valence-electron chi connectivity index (χ2n) is 4.22. The normalized spacial score (nSPS) is 15.4. The Labute approximate surface area is 95.5 Å². The number of nitrogens with zero attached hydrogens (tertiary/aromatic N) is 1. The summed E-state index contributed by atoms with van der Waals surface area (Å²) in [7, 11) is 0. The Bertz CT molecular complexity index is 285. The van der Waals surface area contributed by atoms with Gasteiger partial charge in [-0.1, -0.05) is 20.3 Å². The molecule has 1 nitrogen and oxygen atoms in total. The first kappa shape index (κ1) is 12.0. The molecule has 0 N–H and O–H groups in total. The molecule has 1 unspecified atom stereocenters. The van der Waals surface area contributed by atoms with Gasteiger partial charge in [-0.25, -0.2) is 4.98 Å². The number of aromatic nitrogens is 1. The number of hydrogen-bond acceptors (Lipinski definition) is 2. The maximum absolute atomic E-state index is 6.03. The second-order valence-corrected chi connectivity index (χ2v) is 5.80. The van der Waals surface area contributed by atoms with Gasteiger partial charge in [0.25, 0.3) is 0 Å². The van der Waals surface area contributed by atoms with Crippen LogP contribution >= 0.6 is 22.9 Å². The van der Waals surface area contributed by atoms with E-state index in [4.69, 9.17) is 11.6 Å². The van der Waals surface area contributed by atoms with Crippen molar-refractivity contribution < 1.29 is 0 Å². The van der Waals surface area contributed by atoms with Crippen molar-refractivity contribution in [3.8, 4) is 0 Å². The van der Waals surface area contributed by atoms with Crippen LogP contribution in [-0.2, 0) is 6.42 Å². The van der Waals surface area contributed by atoms with E-state index in [1.54, 1.807) is 11.3 Å². The quantitative estimate of drug-likeness (QED) is 0.697. The van der Waals surface area contributed by atoms with Crippen LogP contribution in [0, 0.1) is 12.3 Å². The summed E-state index contributed by atoms with van der Waals surface area (Å²) in [6, 6.07) is 0. The van der Waals surface area contributed by atoms with E-state index in [1.165, 1.54) is 17.7 Å². The zero-order valence-corrected chi connectivity index (χ0v) is 10.7. The fourth-order valence-corrected chi connectivity index (χ4v) is 2.95. The van der Waals surface area contributed by atoms with Crippen molar-refractivity contribution in [1.29, 1.82) is 0 Å². The average Bonchev–Trinajstić information content (AvgIpc) is 2.51. The van der Waals surface area contributed by atoms with Gasteiger partial charge in [0, 0.05) is 17.0 Å². The van der Waals surface area contributed by atoms with Crippen molar-refractivity contribution in [2.45, 2.75) is 40.0 Å². The first-order chi connectivity index (χ1) is 6.59. The molecule has 14 heavy (non-hydrogen) atoms. The number of halogens is 1. The molecule has 1 aromatic heterocycles. The van der Waals surface area contributed by atoms with Gasteiger partial charge in [0.05, 0.1) is 5.01 Å². The second kappa shape index (κ2) is 5.13. The molecule has 3 heteroatoms. The fourth-order valence-electron chi connectivity index (χ4n) is 1.71. The third kappa shape index (κ3) is 3.25. The molecule has 0 bridgehead atoms. The predicted octanol–water partition coefficient (Wildman–Crippen LogP) is 4.04. The Morgan fingerprint density at radius 2 is 2.29 bits per heavy atom. The monoisotopic (exact) mass is 231 g/mol. The number of alkyl halides is 1. The average molecular weight is 232 g/mol. The van der Waals surface area contributed by atoms with Crippen molar-refractivity contribution in [2.75, 3.05) is 5.88 Å². The molecule has 1 heterocycles. The van der Waals surface area contributed by atoms with Crippen molar-refractivity contribution in [1.82, 2.24) is 4.98 Å². The molecule has 0 aliphatic rings. The van der Waals surface area contributed by atoms with E-state index in [1.807, 2.05) is 13.1 Å². The lowest BCUT2D eigenvalue weighted by atomic mass is 9.84. The molecule has 1 aromatic rings. The van der Waals surface area contributed by atoms with Crippen molar-refractivity contribution in [3.05, 3.63) is 16.1 Å². The van der Waals surface area contributed by atoms with Crippen LogP contribution in [0.1, 0.15) is 36.6 Å². The molecular formula is C11H18ClNS. The van der Waals surface area contributed by atoms with E-state index < -0.39 is 0 Å². The van der Waals surface area contributed by atoms with Gasteiger partial charge in [0.1, 0.15) is 0 Å². The maximum atomic E-state index is 6.03. The SMILES string of the molecule is CCCC(C)(CCl)Cc1cnc(C)s1. The van der Waals surface area contributed by atoms with Crippen LogP contribution < -0.4 is 0 Å². The zero-order valence-electron chi connectivity index (χ0n) is 9.14. The molecule has 0 fully saturated rings. The number of thiazole rings is 1. The standard InChI is InChI=1S/C11H18ClNS/c1-4-5-11(3,8-12)6-10-7-13-9(2)14-10/h7H,4-6,8H2,1-3H3. The van der Waals surface area contributed by atoms with Crippen LogP contribution in [0.4, 0.5) is 0 Å². The molecule has 1 rings (SSSR count). The minimum absolute atomic E-state index is 0.245. The summed E-state index contributed by atoms with van der Waals surface area (Å²) in [6.07, 6.45) is 5.44. The van der Waals surface area contributed by atoms with E-state index in [2.05, 4.69) is 18.8 Å². The summed E-state index contributed by atoms with van der Waals surface area (Å²) >= 11 is 7.81. The van der Waals surface area contributed by atoms with Gasteiger partial charge in [0.15, 0.2) is 0 Å².